The molecule has 0 radical (unpaired) electrons. The molecule has 0 heterocycles. The highest BCUT2D eigenvalue weighted by atomic mass is 16.4. The topological polar surface area (TPSA) is 468 Å². The van der Waals surface area contributed by atoms with Gasteiger partial charge in [0, 0.05) is 26.6 Å². The van der Waals surface area contributed by atoms with Crippen molar-refractivity contribution in [3.63, 3.8) is 0 Å². The Hall–Kier alpha value is -6.80. The number of carboxylic acid groups (broad SMARTS) is 1. The number of nitrogens with one attached hydrogen (secondary N) is 8. The third kappa shape index (κ3) is 28.4. The molecule has 0 unspecified atom stereocenters. The summed E-state index contributed by atoms with van der Waals surface area (Å²) in [6.45, 7) is 12.9. The molecule has 0 aromatic heterocycles. The molecule has 0 aliphatic heterocycles. The first-order valence-corrected chi connectivity index (χ1v) is 25.4. The molecule has 0 aromatic carbocycles. The summed E-state index contributed by atoms with van der Waals surface area (Å²) >= 11 is 0. The van der Waals surface area contributed by atoms with Gasteiger partial charge in [0.25, 0.3) is 0 Å². The van der Waals surface area contributed by atoms with Crippen LogP contribution in [0.2, 0.25) is 0 Å². The Morgan fingerprint density at radius 2 is 0.905 bits per heavy atom. The number of unbranched alkanes of at least 4 members (excludes halogenated alkanes) is 2. The van der Waals surface area contributed by atoms with Crippen LogP contribution in [0.5, 0.6) is 0 Å². The Balaban J connectivity index is 6.74. The van der Waals surface area contributed by atoms with Gasteiger partial charge in [-0.05, 0) is 75.5 Å². The van der Waals surface area contributed by atoms with Crippen molar-refractivity contribution in [3.05, 3.63) is 0 Å². The molecule has 0 fully saturated rings. The second-order valence-electron chi connectivity index (χ2n) is 19.2. The highest BCUT2D eigenvalue weighted by Gasteiger charge is 2.36. The summed E-state index contributed by atoms with van der Waals surface area (Å²) in [5.74, 6) is -9.78. The van der Waals surface area contributed by atoms with Crippen LogP contribution in [0.4, 0.5) is 0 Å². The van der Waals surface area contributed by atoms with Crippen molar-refractivity contribution in [3.8, 4) is 0 Å². The maximum absolute atomic E-state index is 14.2. The Morgan fingerprint density at radius 3 is 1.36 bits per heavy atom. The van der Waals surface area contributed by atoms with Gasteiger partial charge in [-0.15, -0.1) is 0 Å². The number of carbonyl (C=O) groups excluding carboxylic acids is 9. The molecule has 0 aliphatic rings. The number of nitrogens with zero attached hydrogens (tertiary/aromatic N) is 2. The smallest absolute Gasteiger partial charge is 0.305 e. The molecule has 0 aliphatic carbocycles. The molecule has 422 valence electrons. The normalized spacial score (nSPS) is 14.7. The SMILES string of the molecule is CCCC[C@H](NC(=O)[C@@H](NC(=O)[C@H](CC(=O)O)NC(=O)[C@H](CCC(N)=O)NC(=O)[C@H](CC(C)C)NC(=O)[C@@H](N)CC(C)C)[C@@H](C)CC)C(=O)N[C@H](CCCN=C(N)N)C(=O)N[C@@H](CCCCN=C(N)N)C(=O)NC. The molecule has 27 heteroatoms. The standard InChI is InChI=1S/C47H88N16O11/c1-9-11-15-30(40(69)58-31(17-14-21-56-47(52)53)41(70)57-29(39(68)54-8)16-12-13-20-55-46(50)51)60-45(74)37(27(7)10-2)63-44(73)34(24-36(65)66)62-42(71)32(18-19-35(49)64)59-43(72)33(23-26(5)6)61-38(67)28(48)22-25(3)4/h25-34,37H,9-24,48H2,1-8H3,(H2,49,64)(H,54,68)(H,57,70)(H,58,69)(H,59,72)(H,60,74)(H,61,67)(H,62,71)(H,63,73)(H,65,66)(H4,50,51,55)(H4,52,53,56)/t27-,28-,29-,30-,31+,32-,33-,34-,37-/m0/s1. The number of aliphatic carboxylic acids is 1. The highest BCUT2D eigenvalue weighted by Crippen LogP contribution is 2.14. The zero-order chi connectivity index (χ0) is 56.7. The lowest BCUT2D eigenvalue weighted by Crippen LogP contribution is -2.61. The van der Waals surface area contributed by atoms with Crippen molar-refractivity contribution >= 4 is 71.1 Å². The molecule has 9 atom stereocenters. The molecular formula is C47H88N16O11. The molecule has 21 N–H and O–H groups in total. The molecule has 27 nitrogen and oxygen atoms in total. The van der Waals surface area contributed by atoms with E-state index >= 15 is 0 Å². The van der Waals surface area contributed by atoms with Crippen LogP contribution < -0.4 is 76.9 Å². The summed E-state index contributed by atoms with van der Waals surface area (Å²) in [6, 6.07) is -10.5. The van der Waals surface area contributed by atoms with Crippen LogP contribution in [-0.4, -0.2) is 145 Å². The lowest BCUT2D eigenvalue weighted by atomic mass is 9.96. The highest BCUT2D eigenvalue weighted by molar-refractivity contribution is 5.99. The maximum Gasteiger partial charge on any atom is 0.305 e. The molecule has 0 aromatic rings. The lowest BCUT2D eigenvalue weighted by Gasteiger charge is -2.29. The van der Waals surface area contributed by atoms with Crippen molar-refractivity contribution in [2.45, 2.75) is 187 Å². The van der Waals surface area contributed by atoms with E-state index in [4.69, 9.17) is 34.4 Å². The van der Waals surface area contributed by atoms with Crippen LogP contribution in [0, 0.1) is 17.8 Å². The van der Waals surface area contributed by atoms with Crippen LogP contribution in [-0.2, 0) is 47.9 Å². The number of carboxylic acids is 1. The minimum Gasteiger partial charge on any atom is -0.481 e. The van der Waals surface area contributed by atoms with Crippen molar-refractivity contribution < 1.29 is 53.1 Å². The summed E-state index contributed by atoms with van der Waals surface area (Å²) in [5.41, 5.74) is 33.2. The minimum atomic E-state index is -1.85. The number of primary amides is 1. The molecule has 74 heavy (non-hydrogen) atoms. The summed E-state index contributed by atoms with van der Waals surface area (Å²) in [6.07, 6.45) is 1.42. The number of carbonyl (C=O) groups is 10. The van der Waals surface area contributed by atoms with E-state index in [1.54, 1.807) is 27.7 Å². The summed E-state index contributed by atoms with van der Waals surface area (Å²) in [4.78, 5) is 142. The third-order valence-electron chi connectivity index (χ3n) is 11.7. The molecule has 0 rings (SSSR count). The first kappa shape index (κ1) is 67.2. The van der Waals surface area contributed by atoms with E-state index in [1.165, 1.54) is 7.05 Å². The van der Waals surface area contributed by atoms with Crippen molar-refractivity contribution in [2.24, 2.45) is 62.1 Å². The Morgan fingerprint density at radius 1 is 0.486 bits per heavy atom. The van der Waals surface area contributed by atoms with E-state index in [2.05, 4.69) is 52.5 Å². The minimum absolute atomic E-state index is 0.00525. The second-order valence-corrected chi connectivity index (χ2v) is 19.2. The number of rotatable bonds is 38. The van der Waals surface area contributed by atoms with Gasteiger partial charge in [-0.25, -0.2) is 0 Å². The fourth-order valence-electron chi connectivity index (χ4n) is 7.40. The van der Waals surface area contributed by atoms with Gasteiger partial charge < -0.3 is 82.0 Å². The zero-order valence-corrected chi connectivity index (χ0v) is 44.6. The molecule has 0 saturated carbocycles. The van der Waals surface area contributed by atoms with E-state index in [1.807, 2.05) is 20.8 Å². The summed E-state index contributed by atoms with van der Waals surface area (Å²) in [7, 11) is 1.40. The van der Waals surface area contributed by atoms with Crippen molar-refractivity contribution in [2.75, 3.05) is 20.1 Å². The number of hydrogen-bond acceptors (Lipinski definition) is 13. The van der Waals surface area contributed by atoms with Gasteiger partial charge >= 0.3 is 5.97 Å². The second kappa shape index (κ2) is 36.2. The quantitative estimate of drug-likeness (QED) is 0.0167. The number of guanidine groups is 2. The maximum atomic E-state index is 14.2. The largest absolute Gasteiger partial charge is 0.481 e. The zero-order valence-electron chi connectivity index (χ0n) is 44.6. The van der Waals surface area contributed by atoms with E-state index in [9.17, 15) is 53.1 Å². The van der Waals surface area contributed by atoms with Gasteiger partial charge in [-0.1, -0.05) is 67.7 Å². The Bertz CT molecular complexity index is 1910. The third-order valence-corrected chi connectivity index (χ3v) is 11.7. The molecule has 0 saturated heterocycles. The van der Waals surface area contributed by atoms with E-state index in [0.29, 0.717) is 38.6 Å². The van der Waals surface area contributed by atoms with Crippen LogP contribution >= 0.6 is 0 Å². The predicted molar refractivity (Wildman–Crippen MR) is 279 cm³/mol. The van der Waals surface area contributed by atoms with Gasteiger partial charge in [-0.2, -0.15) is 0 Å². The van der Waals surface area contributed by atoms with Crippen LogP contribution in [0.25, 0.3) is 0 Å². The predicted octanol–water partition coefficient (Wildman–Crippen LogP) is -2.98. The lowest BCUT2D eigenvalue weighted by molar-refractivity contribution is -0.142. The number of likely N-dealkylation sites (N-methyl/N-ethyl adjacent to an activating group) is 1. The average Bonchev–Trinajstić information content (AvgIpc) is 3.31. The van der Waals surface area contributed by atoms with Gasteiger partial charge in [0.05, 0.1) is 12.5 Å². The molecule has 0 bridgehead atoms. The van der Waals surface area contributed by atoms with Gasteiger partial charge in [0.1, 0.15) is 42.3 Å². The summed E-state index contributed by atoms with van der Waals surface area (Å²) in [5, 5.41) is 30.4. The number of nitrogens with two attached hydrogens (primary N) is 6. The van der Waals surface area contributed by atoms with E-state index in [-0.39, 0.29) is 75.2 Å². The van der Waals surface area contributed by atoms with Crippen molar-refractivity contribution in [1.29, 1.82) is 0 Å². The number of amides is 9. The van der Waals surface area contributed by atoms with E-state index in [0.717, 1.165) is 0 Å². The van der Waals surface area contributed by atoms with E-state index < -0.39 is 126 Å². The van der Waals surface area contributed by atoms with Crippen LogP contribution in [0.15, 0.2) is 9.98 Å². The fourth-order valence-corrected chi connectivity index (χ4v) is 7.40. The van der Waals surface area contributed by atoms with Crippen LogP contribution in [0.3, 0.4) is 0 Å². The average molecular weight is 1050 g/mol. The van der Waals surface area contributed by atoms with Gasteiger partial charge in [0.2, 0.25) is 53.2 Å². The number of aliphatic imine (C=N–C) groups is 2. The van der Waals surface area contributed by atoms with Crippen molar-refractivity contribution in [1.82, 2.24) is 42.5 Å². The van der Waals surface area contributed by atoms with Gasteiger partial charge in [0.15, 0.2) is 11.9 Å². The monoisotopic (exact) mass is 1050 g/mol. The molecule has 9 amide bonds. The molecule has 0 spiro atoms. The summed E-state index contributed by atoms with van der Waals surface area (Å²) < 4.78 is 0. The fraction of sp³-hybridized carbons (Fsp3) is 0.745. The Kier molecular flexibility index (Phi) is 32.9. The van der Waals surface area contributed by atoms with Crippen LogP contribution in [0.1, 0.15) is 138 Å². The Labute approximate surface area is 434 Å². The van der Waals surface area contributed by atoms with Gasteiger partial charge in [-0.3, -0.25) is 57.9 Å². The molecular weight excluding hydrogens is 965 g/mol. The first-order valence-electron chi connectivity index (χ1n) is 25.4. The number of hydrogen-bond donors (Lipinski definition) is 15. The first-order chi connectivity index (χ1) is 34.7.